The molecule has 0 unspecified atom stereocenters. The zero-order chi connectivity index (χ0) is 18.6. The highest BCUT2D eigenvalue weighted by Crippen LogP contribution is 2.14. The van der Waals surface area contributed by atoms with Crippen molar-refractivity contribution < 1.29 is 16.9 Å². The molecule has 0 spiro atoms. The predicted molar refractivity (Wildman–Crippen MR) is 116 cm³/mol. The van der Waals surface area contributed by atoms with Gasteiger partial charge in [0.2, 0.25) is 0 Å². The fraction of sp³-hybridized carbons (Fsp3) is 1.00. The van der Waals surface area contributed by atoms with E-state index in [1.54, 1.807) is 0 Å². The van der Waals surface area contributed by atoms with Gasteiger partial charge in [-0.25, -0.2) is 0 Å². The predicted octanol–water partition coefficient (Wildman–Crippen LogP) is 5.13. The van der Waals surface area contributed by atoms with Crippen molar-refractivity contribution in [2.24, 2.45) is 0 Å². The van der Waals surface area contributed by atoms with Crippen molar-refractivity contribution >= 4 is 0 Å². The molecule has 0 aromatic rings. The number of nitrogens with zero attached hydrogens (tertiary/aromatic N) is 1. The lowest BCUT2D eigenvalue weighted by molar-refractivity contribution is -0.890. The Hall–Kier alpha value is 0.250. The van der Waals surface area contributed by atoms with E-state index in [0.29, 0.717) is 0 Å². The first kappa shape index (κ1) is 28.5. The molecule has 0 aliphatic rings. The molecule has 0 aromatic carbocycles. The average Bonchev–Trinajstić information content (AvgIpc) is 2.59. The van der Waals surface area contributed by atoms with Gasteiger partial charge in [-0.15, -0.1) is 0 Å². The molecule has 0 aliphatic carbocycles. The highest BCUT2D eigenvalue weighted by atomic mass is 35.5. The summed E-state index contributed by atoms with van der Waals surface area (Å²) in [6.07, 6.45) is 26.1. The molecule has 2 heteroatoms. The molecule has 0 aliphatic heterocycles. The quantitative estimate of drug-likeness (QED) is 0.200. The minimum Gasteiger partial charge on any atom is -1.00 e. The zero-order valence-electron chi connectivity index (χ0n) is 19.0. The first-order valence-corrected chi connectivity index (χ1v) is 11.9. The molecule has 0 N–H and O–H groups in total. The van der Waals surface area contributed by atoms with E-state index in [1.165, 1.54) is 133 Å². The highest BCUT2D eigenvalue weighted by molar-refractivity contribution is 4.50. The fourth-order valence-corrected chi connectivity index (χ4v) is 3.79. The normalized spacial score (nSPS) is 11.5. The highest BCUT2D eigenvalue weighted by Gasteiger charge is 2.12. The van der Waals surface area contributed by atoms with Crippen LogP contribution < -0.4 is 12.4 Å². The van der Waals surface area contributed by atoms with Crippen LogP contribution in [0.3, 0.4) is 0 Å². The molecule has 0 heterocycles. The SMILES string of the molecule is CCCCCCCCCCCCCCCCCC[N+](C)(C)CCCC.[Cl-]. The van der Waals surface area contributed by atoms with Gasteiger partial charge >= 0.3 is 0 Å². The second-order valence-electron chi connectivity index (χ2n) is 9.04. The van der Waals surface area contributed by atoms with Crippen LogP contribution in [0.25, 0.3) is 0 Å². The van der Waals surface area contributed by atoms with Crippen LogP contribution in [0.5, 0.6) is 0 Å². The summed E-state index contributed by atoms with van der Waals surface area (Å²) in [5.74, 6) is 0. The van der Waals surface area contributed by atoms with Crippen LogP contribution in [0.4, 0.5) is 0 Å². The van der Waals surface area contributed by atoms with Crippen molar-refractivity contribution in [3.63, 3.8) is 0 Å². The Bertz CT molecular complexity index is 253. The third-order valence-electron chi connectivity index (χ3n) is 5.73. The molecule has 0 atom stereocenters. The topological polar surface area (TPSA) is 0 Å². The molecule has 0 aromatic heterocycles. The largest absolute Gasteiger partial charge is 1.00 e. The third-order valence-corrected chi connectivity index (χ3v) is 5.73. The Balaban J connectivity index is 0. The van der Waals surface area contributed by atoms with Gasteiger partial charge in [-0.1, -0.05) is 110 Å². The van der Waals surface area contributed by atoms with Crippen molar-refractivity contribution in [2.45, 2.75) is 129 Å². The number of hydrogen-bond acceptors (Lipinski definition) is 0. The van der Waals surface area contributed by atoms with Gasteiger partial charge in [0.1, 0.15) is 0 Å². The lowest BCUT2D eigenvalue weighted by atomic mass is 10.0. The summed E-state index contributed by atoms with van der Waals surface area (Å²) in [5, 5.41) is 0. The van der Waals surface area contributed by atoms with Crippen LogP contribution >= 0.6 is 0 Å². The van der Waals surface area contributed by atoms with Gasteiger partial charge in [0.15, 0.2) is 0 Å². The minimum absolute atomic E-state index is 0. The third kappa shape index (κ3) is 22.3. The van der Waals surface area contributed by atoms with Gasteiger partial charge in [0, 0.05) is 0 Å². The summed E-state index contributed by atoms with van der Waals surface area (Å²) in [6.45, 7) is 7.33. The standard InChI is InChI=1S/C24H52N.ClH/c1-5-7-9-10-11-12-13-14-15-16-17-18-19-20-21-22-24-25(3,4)23-8-6-2;/h5-24H2,1-4H3;1H/q+1;/p-1. The summed E-state index contributed by atoms with van der Waals surface area (Å²) < 4.78 is 1.23. The van der Waals surface area contributed by atoms with Crippen molar-refractivity contribution in [3.8, 4) is 0 Å². The maximum atomic E-state index is 2.40. The van der Waals surface area contributed by atoms with E-state index in [9.17, 15) is 0 Å². The second kappa shape index (κ2) is 21.5. The minimum atomic E-state index is 0. The molecule has 0 radical (unpaired) electrons. The van der Waals surface area contributed by atoms with Crippen LogP contribution in [-0.4, -0.2) is 31.7 Å². The van der Waals surface area contributed by atoms with E-state index < -0.39 is 0 Å². The molecule has 26 heavy (non-hydrogen) atoms. The molecule has 1 nitrogen and oxygen atoms in total. The second-order valence-corrected chi connectivity index (χ2v) is 9.04. The van der Waals surface area contributed by atoms with Gasteiger partial charge in [-0.05, 0) is 19.3 Å². The van der Waals surface area contributed by atoms with Crippen LogP contribution in [0.1, 0.15) is 129 Å². The number of quaternary nitrogens is 1. The molecule has 0 saturated heterocycles. The van der Waals surface area contributed by atoms with Gasteiger partial charge < -0.3 is 16.9 Å². The molecule has 0 bridgehead atoms. The number of rotatable bonds is 20. The van der Waals surface area contributed by atoms with E-state index in [2.05, 4.69) is 27.9 Å². The smallest absolute Gasteiger partial charge is 0.0782 e. The van der Waals surface area contributed by atoms with E-state index in [-0.39, 0.29) is 12.4 Å². The maximum absolute atomic E-state index is 2.40. The monoisotopic (exact) mass is 389 g/mol. The van der Waals surface area contributed by atoms with Gasteiger partial charge in [0.25, 0.3) is 0 Å². The van der Waals surface area contributed by atoms with Gasteiger partial charge in [-0.2, -0.15) is 0 Å². The molecular weight excluding hydrogens is 338 g/mol. The first-order valence-electron chi connectivity index (χ1n) is 11.9. The molecule has 0 fully saturated rings. The molecule has 0 amide bonds. The van der Waals surface area contributed by atoms with Crippen molar-refractivity contribution in [1.82, 2.24) is 0 Å². The Morgan fingerprint density at radius 1 is 0.385 bits per heavy atom. The van der Waals surface area contributed by atoms with E-state index in [4.69, 9.17) is 0 Å². The summed E-state index contributed by atoms with van der Waals surface area (Å²) in [4.78, 5) is 0. The van der Waals surface area contributed by atoms with Gasteiger partial charge in [-0.3, -0.25) is 0 Å². The summed E-state index contributed by atoms with van der Waals surface area (Å²) in [6, 6.07) is 0. The summed E-state index contributed by atoms with van der Waals surface area (Å²) in [5.41, 5.74) is 0. The van der Waals surface area contributed by atoms with Gasteiger partial charge in [0.05, 0.1) is 27.2 Å². The van der Waals surface area contributed by atoms with Crippen molar-refractivity contribution in [3.05, 3.63) is 0 Å². The van der Waals surface area contributed by atoms with Crippen LogP contribution in [0.2, 0.25) is 0 Å². The maximum Gasteiger partial charge on any atom is 0.0782 e. The molecular formula is C24H52ClN. The Morgan fingerprint density at radius 2 is 0.654 bits per heavy atom. The summed E-state index contributed by atoms with van der Waals surface area (Å²) >= 11 is 0. The van der Waals surface area contributed by atoms with Crippen molar-refractivity contribution in [1.29, 1.82) is 0 Å². The Labute approximate surface area is 173 Å². The van der Waals surface area contributed by atoms with Crippen molar-refractivity contribution in [2.75, 3.05) is 27.2 Å². The zero-order valence-corrected chi connectivity index (χ0v) is 19.7. The molecule has 160 valence electrons. The fourth-order valence-electron chi connectivity index (χ4n) is 3.79. The van der Waals surface area contributed by atoms with Crippen LogP contribution in [-0.2, 0) is 0 Å². The van der Waals surface area contributed by atoms with Crippen LogP contribution in [0.15, 0.2) is 0 Å². The lowest BCUT2D eigenvalue weighted by Gasteiger charge is -2.29. The molecule has 0 rings (SSSR count). The molecule has 0 saturated carbocycles. The number of hydrogen-bond donors (Lipinski definition) is 0. The number of halogens is 1. The average molecular weight is 390 g/mol. The van der Waals surface area contributed by atoms with E-state index in [1.807, 2.05) is 0 Å². The lowest BCUT2D eigenvalue weighted by Crippen LogP contribution is -3.00. The Morgan fingerprint density at radius 3 is 1.00 bits per heavy atom. The number of unbranched alkanes of at least 4 members (excludes halogenated alkanes) is 16. The first-order chi connectivity index (χ1) is 12.1. The van der Waals surface area contributed by atoms with E-state index in [0.717, 1.165) is 0 Å². The summed E-state index contributed by atoms with van der Waals surface area (Å²) in [7, 11) is 4.81. The van der Waals surface area contributed by atoms with E-state index >= 15 is 0 Å². The Kier molecular flexibility index (Phi) is 23.6. The van der Waals surface area contributed by atoms with Crippen LogP contribution in [0, 0.1) is 0 Å².